The second-order valence-corrected chi connectivity index (χ2v) is 10.0. The van der Waals surface area contributed by atoms with Crippen LogP contribution in [-0.4, -0.2) is 52.5 Å². The molecule has 0 spiro atoms. The van der Waals surface area contributed by atoms with E-state index < -0.39 is 11.7 Å². The lowest BCUT2D eigenvalue weighted by Crippen LogP contribution is -2.29. The van der Waals surface area contributed by atoms with Crippen LogP contribution in [0.1, 0.15) is 19.8 Å². The SMILES string of the molecule is C=CC(=O)Nc1cc(Nc2ncc(F)c(OC3=CC(C)C(Oc4ccccc4)C=C3)n2)cc(OCCN2CCCC2=O)c1. The van der Waals surface area contributed by atoms with Crippen molar-refractivity contribution in [2.24, 2.45) is 5.92 Å². The number of carbonyl (C=O) groups is 2. The number of rotatable bonds is 12. The van der Waals surface area contributed by atoms with Gasteiger partial charge in [0.1, 0.15) is 30.0 Å². The van der Waals surface area contributed by atoms with Gasteiger partial charge in [-0.3, -0.25) is 9.59 Å². The molecule has 2 N–H and O–H groups in total. The van der Waals surface area contributed by atoms with Crippen molar-refractivity contribution in [2.75, 3.05) is 30.3 Å². The van der Waals surface area contributed by atoms with Gasteiger partial charge in [-0.1, -0.05) is 31.7 Å². The average Bonchev–Trinajstić information content (AvgIpc) is 3.41. The van der Waals surface area contributed by atoms with Crippen LogP contribution in [0, 0.1) is 11.7 Å². The highest BCUT2D eigenvalue weighted by Gasteiger charge is 2.22. The molecule has 1 aliphatic heterocycles. The summed E-state index contributed by atoms with van der Waals surface area (Å²) in [4.78, 5) is 33.9. The van der Waals surface area contributed by atoms with Crippen LogP contribution in [0.5, 0.6) is 17.4 Å². The number of para-hydroxylation sites is 1. The number of nitrogens with one attached hydrogen (secondary N) is 2. The Morgan fingerprint density at radius 3 is 2.74 bits per heavy atom. The molecule has 43 heavy (non-hydrogen) atoms. The van der Waals surface area contributed by atoms with E-state index in [1.165, 1.54) is 0 Å². The lowest BCUT2D eigenvalue weighted by Gasteiger charge is -2.24. The molecule has 222 valence electrons. The fraction of sp³-hybridized carbons (Fsp3) is 0.250. The van der Waals surface area contributed by atoms with Gasteiger partial charge in [-0.05, 0) is 48.9 Å². The molecule has 0 saturated carbocycles. The van der Waals surface area contributed by atoms with Crippen molar-refractivity contribution in [3.63, 3.8) is 0 Å². The number of nitrogens with zero attached hydrogens (tertiary/aromatic N) is 3. The van der Waals surface area contributed by atoms with Crippen LogP contribution in [0.25, 0.3) is 0 Å². The van der Waals surface area contributed by atoms with Gasteiger partial charge in [0.05, 0.1) is 12.7 Å². The van der Waals surface area contributed by atoms with Gasteiger partial charge in [0.15, 0.2) is 0 Å². The predicted octanol–water partition coefficient (Wildman–Crippen LogP) is 5.40. The van der Waals surface area contributed by atoms with Crippen molar-refractivity contribution in [3.05, 3.63) is 97.2 Å². The summed E-state index contributed by atoms with van der Waals surface area (Å²) in [6.07, 6.45) is 8.76. The second kappa shape index (κ2) is 13.6. The molecule has 2 aliphatic rings. The number of ether oxygens (including phenoxy) is 3. The van der Waals surface area contributed by atoms with E-state index in [1.54, 1.807) is 29.2 Å². The first-order valence-electron chi connectivity index (χ1n) is 13.9. The molecule has 5 rings (SSSR count). The Bertz CT molecular complexity index is 1540. The van der Waals surface area contributed by atoms with E-state index in [0.717, 1.165) is 24.4 Å². The zero-order chi connectivity index (χ0) is 30.2. The Hall–Kier alpha value is -5.19. The minimum atomic E-state index is -0.734. The monoisotopic (exact) mass is 585 g/mol. The van der Waals surface area contributed by atoms with Gasteiger partial charge in [-0.15, -0.1) is 0 Å². The Labute approximate surface area is 248 Å². The summed E-state index contributed by atoms with van der Waals surface area (Å²) in [5.74, 6) is 0.349. The first-order valence-corrected chi connectivity index (χ1v) is 13.9. The molecule has 1 fully saturated rings. The fourth-order valence-electron chi connectivity index (χ4n) is 4.60. The summed E-state index contributed by atoms with van der Waals surface area (Å²) in [5.41, 5.74) is 0.900. The van der Waals surface area contributed by atoms with Gasteiger partial charge < -0.3 is 29.7 Å². The summed E-state index contributed by atoms with van der Waals surface area (Å²) in [6, 6.07) is 14.5. The highest BCUT2D eigenvalue weighted by Crippen LogP contribution is 2.29. The molecule has 0 radical (unpaired) electrons. The van der Waals surface area contributed by atoms with E-state index in [4.69, 9.17) is 14.2 Å². The van der Waals surface area contributed by atoms with Crippen LogP contribution in [0.15, 0.2) is 91.4 Å². The van der Waals surface area contributed by atoms with Crippen molar-refractivity contribution in [1.29, 1.82) is 0 Å². The Morgan fingerprint density at radius 1 is 1.19 bits per heavy atom. The molecular formula is C32H32FN5O5. The van der Waals surface area contributed by atoms with Gasteiger partial charge in [0.2, 0.25) is 23.6 Å². The summed E-state index contributed by atoms with van der Waals surface area (Å²) < 4.78 is 32.4. The third-order valence-electron chi connectivity index (χ3n) is 6.75. The summed E-state index contributed by atoms with van der Waals surface area (Å²) in [7, 11) is 0. The molecule has 1 aromatic heterocycles. The molecule has 1 saturated heterocycles. The number of allylic oxidation sites excluding steroid dienone is 1. The van der Waals surface area contributed by atoms with Crippen LogP contribution < -0.4 is 24.8 Å². The Balaban J connectivity index is 1.27. The summed E-state index contributed by atoms with van der Waals surface area (Å²) >= 11 is 0. The number of carbonyl (C=O) groups excluding carboxylic acids is 2. The van der Waals surface area contributed by atoms with E-state index >= 15 is 0 Å². The van der Waals surface area contributed by atoms with E-state index in [2.05, 4.69) is 27.2 Å². The van der Waals surface area contributed by atoms with Crippen LogP contribution in [-0.2, 0) is 9.59 Å². The summed E-state index contributed by atoms with van der Waals surface area (Å²) in [5, 5.41) is 5.72. The summed E-state index contributed by atoms with van der Waals surface area (Å²) in [6.45, 7) is 6.90. The highest BCUT2D eigenvalue weighted by molar-refractivity contribution is 5.99. The minimum absolute atomic E-state index is 0.0433. The molecule has 2 amide bonds. The molecule has 11 heteroatoms. The maximum atomic E-state index is 14.7. The zero-order valence-electron chi connectivity index (χ0n) is 23.7. The van der Waals surface area contributed by atoms with Crippen molar-refractivity contribution >= 4 is 29.1 Å². The van der Waals surface area contributed by atoms with E-state index in [-0.39, 0.29) is 36.4 Å². The van der Waals surface area contributed by atoms with Crippen molar-refractivity contribution in [2.45, 2.75) is 25.9 Å². The van der Waals surface area contributed by atoms with Gasteiger partial charge >= 0.3 is 0 Å². The van der Waals surface area contributed by atoms with E-state index in [0.29, 0.717) is 42.4 Å². The molecule has 1 aliphatic carbocycles. The molecule has 2 atom stereocenters. The Kier molecular flexibility index (Phi) is 9.30. The second-order valence-electron chi connectivity index (χ2n) is 10.0. The predicted molar refractivity (Wildman–Crippen MR) is 160 cm³/mol. The number of benzene rings is 2. The Morgan fingerprint density at radius 2 is 2.00 bits per heavy atom. The number of aromatic nitrogens is 2. The average molecular weight is 586 g/mol. The zero-order valence-corrected chi connectivity index (χ0v) is 23.7. The fourth-order valence-corrected chi connectivity index (χ4v) is 4.60. The lowest BCUT2D eigenvalue weighted by molar-refractivity contribution is -0.128. The largest absolute Gasteiger partial charge is 0.492 e. The molecule has 2 heterocycles. The van der Waals surface area contributed by atoms with Crippen LogP contribution in [0.2, 0.25) is 0 Å². The van der Waals surface area contributed by atoms with Gasteiger partial charge in [-0.2, -0.15) is 9.37 Å². The normalized spacial score (nSPS) is 17.7. The smallest absolute Gasteiger partial charge is 0.260 e. The third-order valence-corrected chi connectivity index (χ3v) is 6.75. The number of anilines is 3. The van der Waals surface area contributed by atoms with E-state index in [9.17, 15) is 14.0 Å². The van der Waals surface area contributed by atoms with Crippen LogP contribution >= 0.6 is 0 Å². The number of likely N-dealkylation sites (tertiary alicyclic amines) is 1. The van der Waals surface area contributed by atoms with Crippen LogP contribution in [0.3, 0.4) is 0 Å². The van der Waals surface area contributed by atoms with Gasteiger partial charge in [0.25, 0.3) is 5.88 Å². The molecule has 0 bridgehead atoms. The van der Waals surface area contributed by atoms with Crippen molar-refractivity contribution < 1.29 is 28.2 Å². The first-order chi connectivity index (χ1) is 20.9. The first kappa shape index (κ1) is 29.3. The van der Waals surface area contributed by atoms with Gasteiger partial charge in [-0.25, -0.2) is 4.98 Å². The standard InChI is InChI=1S/C32H32FN5O5/c1-3-29(39)35-22-17-23(19-26(18-22)41-15-14-38-13-7-10-30(38)40)36-32-34-20-27(33)31(37-32)43-25-11-12-28(21(2)16-25)42-24-8-5-4-6-9-24/h3-6,8-9,11-12,16-21,28H,1,7,10,13-15H2,2H3,(H,35,39)(H,34,36,37). The van der Waals surface area contributed by atoms with Crippen molar-refractivity contribution in [1.82, 2.24) is 14.9 Å². The highest BCUT2D eigenvalue weighted by atomic mass is 19.1. The number of hydrogen-bond acceptors (Lipinski definition) is 8. The van der Waals surface area contributed by atoms with Gasteiger partial charge in [0, 0.05) is 42.4 Å². The van der Waals surface area contributed by atoms with E-state index in [1.807, 2.05) is 49.4 Å². The minimum Gasteiger partial charge on any atom is -0.492 e. The van der Waals surface area contributed by atoms with Crippen molar-refractivity contribution in [3.8, 4) is 17.4 Å². The molecular weight excluding hydrogens is 553 g/mol. The quantitative estimate of drug-likeness (QED) is 0.272. The lowest BCUT2D eigenvalue weighted by atomic mass is 9.99. The molecule has 2 aromatic carbocycles. The maximum absolute atomic E-state index is 14.7. The molecule has 3 aromatic rings. The maximum Gasteiger partial charge on any atom is 0.260 e. The topological polar surface area (TPSA) is 115 Å². The number of amides is 2. The number of hydrogen-bond donors (Lipinski definition) is 2. The third kappa shape index (κ3) is 7.97. The van der Waals surface area contributed by atoms with Crippen LogP contribution in [0.4, 0.5) is 21.7 Å². The molecule has 10 nitrogen and oxygen atoms in total. The number of halogens is 1. The molecule has 2 unspecified atom stereocenters.